The topological polar surface area (TPSA) is 70.7 Å². The molecular formula is C19H19ClFN3O3. The van der Waals surface area contributed by atoms with Crippen LogP contribution in [0.4, 0.5) is 14.9 Å². The van der Waals surface area contributed by atoms with Crippen LogP contribution in [0.15, 0.2) is 48.5 Å². The summed E-state index contributed by atoms with van der Waals surface area (Å²) in [4.78, 5) is 25.9. The lowest BCUT2D eigenvalue weighted by molar-refractivity contribution is -0.115. The Balaban J connectivity index is 1.49. The second kappa shape index (κ2) is 8.83. The van der Waals surface area contributed by atoms with Gasteiger partial charge in [-0.3, -0.25) is 4.79 Å². The SMILES string of the molecule is O=C(CNC(=O)N1CCOC(c2ccc(F)cc2)C1)Nc1ccc(Cl)cc1. The van der Waals surface area contributed by atoms with E-state index in [4.69, 9.17) is 16.3 Å². The van der Waals surface area contributed by atoms with Gasteiger partial charge in [-0.15, -0.1) is 0 Å². The van der Waals surface area contributed by atoms with Crippen molar-refractivity contribution in [2.24, 2.45) is 0 Å². The smallest absolute Gasteiger partial charge is 0.318 e. The van der Waals surface area contributed by atoms with Crippen LogP contribution in [0.2, 0.25) is 5.02 Å². The van der Waals surface area contributed by atoms with Crippen molar-refractivity contribution >= 4 is 29.2 Å². The van der Waals surface area contributed by atoms with Crippen LogP contribution in [-0.2, 0) is 9.53 Å². The van der Waals surface area contributed by atoms with Gasteiger partial charge in [-0.1, -0.05) is 23.7 Å². The Bertz CT molecular complexity index is 799. The Labute approximate surface area is 161 Å². The second-order valence-electron chi connectivity index (χ2n) is 6.07. The number of halogens is 2. The van der Waals surface area contributed by atoms with Gasteiger partial charge in [0, 0.05) is 17.3 Å². The molecule has 0 bridgehead atoms. The monoisotopic (exact) mass is 391 g/mol. The molecule has 0 spiro atoms. The number of anilines is 1. The summed E-state index contributed by atoms with van der Waals surface area (Å²) in [6.07, 6.45) is -0.326. The van der Waals surface area contributed by atoms with E-state index in [9.17, 15) is 14.0 Å². The predicted molar refractivity (Wildman–Crippen MR) is 100 cm³/mol. The number of carbonyl (C=O) groups excluding carboxylic acids is 2. The number of hydrogen-bond acceptors (Lipinski definition) is 3. The van der Waals surface area contributed by atoms with Crippen molar-refractivity contribution in [3.05, 3.63) is 64.9 Å². The first-order valence-electron chi connectivity index (χ1n) is 8.46. The molecule has 0 radical (unpaired) electrons. The first-order chi connectivity index (χ1) is 13.0. The highest BCUT2D eigenvalue weighted by Crippen LogP contribution is 2.22. The van der Waals surface area contributed by atoms with E-state index < -0.39 is 0 Å². The van der Waals surface area contributed by atoms with Crippen molar-refractivity contribution in [3.8, 4) is 0 Å². The van der Waals surface area contributed by atoms with Gasteiger partial charge < -0.3 is 20.3 Å². The van der Waals surface area contributed by atoms with E-state index in [0.29, 0.717) is 30.4 Å². The maximum Gasteiger partial charge on any atom is 0.318 e. The maximum absolute atomic E-state index is 13.1. The number of hydrogen-bond donors (Lipinski definition) is 2. The van der Waals surface area contributed by atoms with E-state index in [1.165, 1.54) is 12.1 Å². The molecule has 0 aliphatic carbocycles. The molecule has 2 aromatic carbocycles. The molecule has 1 heterocycles. The third-order valence-electron chi connectivity index (χ3n) is 4.12. The van der Waals surface area contributed by atoms with Crippen LogP contribution >= 0.6 is 11.6 Å². The lowest BCUT2D eigenvalue weighted by Crippen LogP contribution is -2.48. The Morgan fingerprint density at radius 3 is 2.56 bits per heavy atom. The molecule has 142 valence electrons. The Hall–Kier alpha value is -2.64. The molecule has 3 amide bonds. The quantitative estimate of drug-likeness (QED) is 0.840. The number of rotatable bonds is 4. The largest absolute Gasteiger partial charge is 0.370 e. The summed E-state index contributed by atoms with van der Waals surface area (Å²) >= 11 is 5.80. The standard InChI is InChI=1S/C19H19ClFN3O3/c20-14-3-7-16(8-4-14)23-18(25)11-22-19(26)24-9-10-27-17(12-24)13-1-5-15(21)6-2-13/h1-8,17H,9-12H2,(H,22,26)(H,23,25). The lowest BCUT2D eigenvalue weighted by Gasteiger charge is -2.33. The molecule has 1 fully saturated rings. The maximum atomic E-state index is 13.1. The number of benzene rings is 2. The number of morpholine rings is 1. The molecule has 1 aliphatic heterocycles. The average molecular weight is 392 g/mol. The minimum Gasteiger partial charge on any atom is -0.370 e. The van der Waals surface area contributed by atoms with Gasteiger partial charge in [0.2, 0.25) is 5.91 Å². The zero-order chi connectivity index (χ0) is 19.2. The number of nitrogens with one attached hydrogen (secondary N) is 2. The fourth-order valence-electron chi connectivity index (χ4n) is 2.72. The molecular weight excluding hydrogens is 373 g/mol. The van der Waals surface area contributed by atoms with Crippen LogP contribution in [0, 0.1) is 5.82 Å². The van der Waals surface area contributed by atoms with Crippen molar-refractivity contribution < 1.29 is 18.7 Å². The number of nitrogens with zero attached hydrogens (tertiary/aromatic N) is 1. The predicted octanol–water partition coefficient (Wildman–Crippen LogP) is 3.20. The summed E-state index contributed by atoms with van der Waals surface area (Å²) in [5.41, 5.74) is 1.40. The molecule has 1 atom stereocenters. The highest BCUT2D eigenvalue weighted by Gasteiger charge is 2.25. The van der Waals surface area contributed by atoms with Gasteiger partial charge in [-0.25, -0.2) is 9.18 Å². The molecule has 0 saturated carbocycles. The highest BCUT2D eigenvalue weighted by atomic mass is 35.5. The first kappa shape index (κ1) is 19.1. The van der Waals surface area contributed by atoms with Crippen LogP contribution in [0.5, 0.6) is 0 Å². The van der Waals surface area contributed by atoms with E-state index in [2.05, 4.69) is 10.6 Å². The molecule has 1 aliphatic rings. The van der Waals surface area contributed by atoms with Gasteiger partial charge in [-0.05, 0) is 42.0 Å². The van der Waals surface area contributed by atoms with Crippen LogP contribution in [-0.4, -0.2) is 43.1 Å². The van der Waals surface area contributed by atoms with E-state index in [1.807, 2.05) is 0 Å². The van der Waals surface area contributed by atoms with Crippen LogP contribution in [0.25, 0.3) is 0 Å². The summed E-state index contributed by atoms with van der Waals surface area (Å²) in [7, 11) is 0. The number of ether oxygens (including phenoxy) is 1. The van der Waals surface area contributed by atoms with Crippen LogP contribution in [0.1, 0.15) is 11.7 Å². The molecule has 1 saturated heterocycles. The number of urea groups is 1. The van der Waals surface area contributed by atoms with Crippen molar-refractivity contribution in [2.45, 2.75) is 6.10 Å². The van der Waals surface area contributed by atoms with E-state index in [1.54, 1.807) is 41.3 Å². The second-order valence-corrected chi connectivity index (χ2v) is 6.51. The summed E-state index contributed by atoms with van der Waals surface area (Å²) in [6, 6.07) is 12.3. The third-order valence-corrected chi connectivity index (χ3v) is 4.38. The molecule has 6 nitrogen and oxygen atoms in total. The van der Waals surface area contributed by atoms with E-state index in [0.717, 1.165) is 5.56 Å². The molecule has 2 N–H and O–H groups in total. The number of amides is 3. The Morgan fingerprint density at radius 2 is 1.85 bits per heavy atom. The van der Waals surface area contributed by atoms with Crippen molar-refractivity contribution in [3.63, 3.8) is 0 Å². The molecule has 2 aromatic rings. The van der Waals surface area contributed by atoms with Gasteiger partial charge in [-0.2, -0.15) is 0 Å². The fraction of sp³-hybridized carbons (Fsp3) is 0.263. The van der Waals surface area contributed by atoms with Gasteiger partial charge >= 0.3 is 6.03 Å². The van der Waals surface area contributed by atoms with Crippen LogP contribution < -0.4 is 10.6 Å². The average Bonchev–Trinajstić information content (AvgIpc) is 2.68. The molecule has 8 heteroatoms. The first-order valence-corrected chi connectivity index (χ1v) is 8.84. The summed E-state index contributed by atoms with van der Waals surface area (Å²) in [6.45, 7) is 0.963. The Kier molecular flexibility index (Phi) is 6.26. The van der Waals surface area contributed by atoms with Gasteiger partial charge in [0.15, 0.2) is 0 Å². The Morgan fingerprint density at radius 1 is 1.15 bits per heavy atom. The summed E-state index contributed by atoms with van der Waals surface area (Å²) in [5, 5.41) is 5.85. The minimum atomic E-state index is -0.350. The summed E-state index contributed by atoms with van der Waals surface area (Å²) < 4.78 is 18.7. The summed E-state index contributed by atoms with van der Waals surface area (Å²) in [5.74, 6) is -0.662. The molecule has 27 heavy (non-hydrogen) atoms. The zero-order valence-electron chi connectivity index (χ0n) is 14.5. The molecule has 3 rings (SSSR count). The van der Waals surface area contributed by atoms with E-state index in [-0.39, 0.29) is 30.4 Å². The molecule has 0 aromatic heterocycles. The van der Waals surface area contributed by atoms with E-state index >= 15 is 0 Å². The minimum absolute atomic E-state index is 0.153. The van der Waals surface area contributed by atoms with Crippen molar-refractivity contribution in [1.82, 2.24) is 10.2 Å². The van der Waals surface area contributed by atoms with Gasteiger partial charge in [0.1, 0.15) is 11.9 Å². The molecule has 1 unspecified atom stereocenters. The van der Waals surface area contributed by atoms with Crippen molar-refractivity contribution in [2.75, 3.05) is 31.6 Å². The third kappa shape index (κ3) is 5.42. The van der Waals surface area contributed by atoms with Crippen molar-refractivity contribution in [1.29, 1.82) is 0 Å². The van der Waals surface area contributed by atoms with Crippen LogP contribution in [0.3, 0.4) is 0 Å². The normalized spacial score (nSPS) is 16.7. The number of carbonyl (C=O) groups is 2. The van der Waals surface area contributed by atoms with Gasteiger partial charge in [0.05, 0.1) is 19.7 Å². The zero-order valence-corrected chi connectivity index (χ0v) is 15.2. The van der Waals surface area contributed by atoms with Gasteiger partial charge in [0.25, 0.3) is 0 Å². The fourth-order valence-corrected chi connectivity index (χ4v) is 2.84. The highest BCUT2D eigenvalue weighted by molar-refractivity contribution is 6.30. The lowest BCUT2D eigenvalue weighted by atomic mass is 10.1.